The average molecular weight is 660 g/mol. The summed E-state index contributed by atoms with van der Waals surface area (Å²) in [5.41, 5.74) is 0.165. The molecule has 0 spiro atoms. The van der Waals surface area contributed by atoms with E-state index >= 15 is 0 Å². The molecule has 1 aromatic rings. The quantitative estimate of drug-likeness (QED) is 0.0975. The third-order valence-electron chi connectivity index (χ3n) is 8.53. The number of amides is 5. The van der Waals surface area contributed by atoms with Crippen molar-refractivity contribution in [2.24, 2.45) is 5.92 Å². The molecular weight excluding hydrogens is 600 g/mol. The number of unbranched alkanes of at least 4 members (excludes halogenated alkanes) is 1. The summed E-state index contributed by atoms with van der Waals surface area (Å²) in [7, 11) is 6.30. The molecule has 12 nitrogen and oxygen atoms in total. The number of quaternary nitrogens is 1. The highest BCUT2D eigenvalue weighted by molar-refractivity contribution is 5.95. The van der Waals surface area contributed by atoms with Crippen LogP contribution in [0.1, 0.15) is 84.6 Å². The number of benzene rings is 1. The minimum absolute atomic E-state index is 0.0407. The fourth-order valence-electron chi connectivity index (χ4n) is 5.88. The summed E-state index contributed by atoms with van der Waals surface area (Å²) in [6.45, 7) is 7.45. The Morgan fingerprint density at radius 3 is 1.94 bits per heavy atom. The lowest BCUT2D eigenvalue weighted by Gasteiger charge is -2.31. The van der Waals surface area contributed by atoms with Gasteiger partial charge in [0.05, 0.1) is 39.8 Å². The summed E-state index contributed by atoms with van der Waals surface area (Å²) in [5.74, 6) is -2.24. The number of nitrogens with zero attached hydrogens (tertiary/aromatic N) is 1. The second kappa shape index (κ2) is 18.7. The Kier molecular flexibility index (Phi) is 15.8. The molecule has 0 aliphatic heterocycles. The number of aliphatic hydroxyl groups excluding tert-OH is 1. The van der Waals surface area contributed by atoms with E-state index in [9.17, 15) is 29.1 Å². The first-order valence-electron chi connectivity index (χ1n) is 17.0. The van der Waals surface area contributed by atoms with Gasteiger partial charge in [0.15, 0.2) is 0 Å². The number of rotatable bonds is 19. The predicted molar refractivity (Wildman–Crippen MR) is 182 cm³/mol. The van der Waals surface area contributed by atoms with E-state index in [-0.39, 0.29) is 30.8 Å². The van der Waals surface area contributed by atoms with Gasteiger partial charge in [-0.1, -0.05) is 57.0 Å². The molecule has 5 amide bonds. The maximum Gasteiger partial charge on any atom is 0.243 e. The predicted octanol–water partition coefficient (Wildman–Crippen LogP) is 1.55. The third kappa shape index (κ3) is 14.4. The Labute approximate surface area is 280 Å². The topological polar surface area (TPSA) is 166 Å². The van der Waals surface area contributed by atoms with E-state index in [4.69, 9.17) is 0 Å². The van der Waals surface area contributed by atoms with Gasteiger partial charge in [0, 0.05) is 13.3 Å². The lowest BCUT2D eigenvalue weighted by atomic mass is 9.97. The van der Waals surface area contributed by atoms with E-state index < -0.39 is 47.4 Å². The molecular formula is C35H59N6O6+. The summed E-state index contributed by atoms with van der Waals surface area (Å²) in [4.78, 5) is 65.5. The van der Waals surface area contributed by atoms with Crippen LogP contribution in [0, 0.1) is 5.92 Å². The minimum Gasteiger partial charge on any atom is -0.394 e. The van der Waals surface area contributed by atoms with Crippen LogP contribution in [-0.4, -0.2) is 103 Å². The zero-order valence-electron chi connectivity index (χ0n) is 29.5. The molecule has 264 valence electrons. The Morgan fingerprint density at radius 1 is 0.787 bits per heavy atom. The van der Waals surface area contributed by atoms with Crippen molar-refractivity contribution in [1.29, 1.82) is 0 Å². The minimum atomic E-state index is -1.00. The molecule has 0 unspecified atom stereocenters. The van der Waals surface area contributed by atoms with Crippen molar-refractivity contribution in [3.8, 4) is 0 Å². The molecule has 0 aromatic heterocycles. The largest absolute Gasteiger partial charge is 0.394 e. The first kappa shape index (κ1) is 39.7. The molecule has 47 heavy (non-hydrogen) atoms. The first-order chi connectivity index (χ1) is 22.0. The number of hydrogen-bond donors (Lipinski definition) is 6. The summed E-state index contributed by atoms with van der Waals surface area (Å²) < 4.78 is 0.784. The molecule has 0 heterocycles. The van der Waals surface area contributed by atoms with E-state index in [0.29, 0.717) is 32.1 Å². The van der Waals surface area contributed by atoms with Crippen LogP contribution >= 0.6 is 0 Å². The van der Waals surface area contributed by atoms with Crippen molar-refractivity contribution >= 4 is 29.5 Å². The van der Waals surface area contributed by atoms with Crippen molar-refractivity contribution in [2.75, 3.05) is 34.3 Å². The molecule has 6 N–H and O–H groups in total. The van der Waals surface area contributed by atoms with Crippen molar-refractivity contribution in [1.82, 2.24) is 26.6 Å². The van der Waals surface area contributed by atoms with Gasteiger partial charge in [-0.2, -0.15) is 0 Å². The first-order valence-corrected chi connectivity index (χ1v) is 17.0. The number of nitrogens with one attached hydrogen (secondary N) is 5. The summed E-state index contributed by atoms with van der Waals surface area (Å²) in [6, 6.07) is 5.56. The van der Waals surface area contributed by atoms with Crippen molar-refractivity contribution in [3.63, 3.8) is 0 Å². The standard InChI is InChI=1S/C35H58N6O6/c1-24(2)21-29(39-31(44)25(3)36-32(45)30(37-26(4)43)22-27-15-9-8-10-16-27)33(46)38-28(17-11-14-20-41(5,6)7)34(47)40-35(23-42)18-12-13-19-35/h8-10,15-16,24-25,28-30,42H,11-14,17-23H2,1-7H3,(H4-,36,37,38,39,40,43,44,45,46,47)/p+1/t25-,28-,29-,30-/m0/s1. The van der Waals surface area contributed by atoms with Crippen LogP contribution in [0.5, 0.6) is 0 Å². The van der Waals surface area contributed by atoms with Gasteiger partial charge in [-0.15, -0.1) is 0 Å². The molecule has 1 fully saturated rings. The van der Waals surface area contributed by atoms with E-state index in [0.717, 1.165) is 35.9 Å². The summed E-state index contributed by atoms with van der Waals surface area (Å²) in [5, 5.41) is 24.1. The Bertz CT molecular complexity index is 1180. The second-order valence-corrected chi connectivity index (χ2v) is 14.6. The van der Waals surface area contributed by atoms with Crippen LogP contribution in [0.25, 0.3) is 0 Å². The molecule has 1 aliphatic rings. The number of aliphatic hydroxyl groups is 1. The highest BCUT2D eigenvalue weighted by Crippen LogP contribution is 2.29. The van der Waals surface area contributed by atoms with Crippen LogP contribution < -0.4 is 26.6 Å². The Balaban J connectivity index is 2.13. The maximum absolute atomic E-state index is 13.7. The van der Waals surface area contributed by atoms with Gasteiger partial charge in [-0.3, -0.25) is 24.0 Å². The van der Waals surface area contributed by atoms with Crippen LogP contribution in [0.4, 0.5) is 0 Å². The van der Waals surface area contributed by atoms with E-state index in [1.165, 1.54) is 13.8 Å². The normalized spacial score (nSPS) is 16.8. The second-order valence-electron chi connectivity index (χ2n) is 14.6. The molecule has 0 bridgehead atoms. The van der Waals surface area contributed by atoms with Crippen LogP contribution in [-0.2, 0) is 30.4 Å². The lowest BCUT2D eigenvalue weighted by Crippen LogP contribution is -2.60. The lowest BCUT2D eigenvalue weighted by molar-refractivity contribution is -0.870. The third-order valence-corrected chi connectivity index (χ3v) is 8.53. The van der Waals surface area contributed by atoms with Gasteiger partial charge in [0.2, 0.25) is 29.5 Å². The molecule has 4 atom stereocenters. The number of carbonyl (C=O) groups is 5. The van der Waals surface area contributed by atoms with Crippen LogP contribution in [0.15, 0.2) is 30.3 Å². The van der Waals surface area contributed by atoms with Gasteiger partial charge in [0.1, 0.15) is 24.2 Å². The maximum atomic E-state index is 13.7. The van der Waals surface area contributed by atoms with Gasteiger partial charge in [-0.25, -0.2) is 0 Å². The van der Waals surface area contributed by atoms with Gasteiger partial charge in [-0.05, 0) is 56.9 Å². The van der Waals surface area contributed by atoms with Crippen LogP contribution in [0.2, 0.25) is 0 Å². The summed E-state index contributed by atoms with van der Waals surface area (Å²) >= 11 is 0. The highest BCUT2D eigenvalue weighted by atomic mass is 16.3. The van der Waals surface area contributed by atoms with Gasteiger partial charge < -0.3 is 36.2 Å². The highest BCUT2D eigenvalue weighted by Gasteiger charge is 2.37. The molecule has 1 aliphatic carbocycles. The van der Waals surface area contributed by atoms with Crippen molar-refractivity contribution in [2.45, 2.75) is 115 Å². The van der Waals surface area contributed by atoms with Gasteiger partial charge >= 0.3 is 0 Å². The molecule has 12 heteroatoms. The zero-order valence-corrected chi connectivity index (χ0v) is 29.5. The smallest absolute Gasteiger partial charge is 0.243 e. The number of hydrogen-bond acceptors (Lipinski definition) is 6. The molecule has 1 saturated carbocycles. The zero-order chi connectivity index (χ0) is 35.2. The van der Waals surface area contributed by atoms with E-state index in [1.807, 2.05) is 44.2 Å². The average Bonchev–Trinajstić information content (AvgIpc) is 3.46. The molecule has 2 rings (SSSR count). The fourth-order valence-corrected chi connectivity index (χ4v) is 5.88. The van der Waals surface area contributed by atoms with Crippen LogP contribution in [0.3, 0.4) is 0 Å². The van der Waals surface area contributed by atoms with Crippen molar-refractivity contribution < 1.29 is 33.6 Å². The Morgan fingerprint density at radius 2 is 1.38 bits per heavy atom. The molecule has 0 radical (unpaired) electrons. The van der Waals surface area contributed by atoms with E-state index in [2.05, 4.69) is 47.7 Å². The monoisotopic (exact) mass is 659 g/mol. The molecule has 0 saturated heterocycles. The fraction of sp³-hybridized carbons (Fsp3) is 0.686. The Hall–Kier alpha value is -3.51. The molecule has 1 aromatic carbocycles. The number of carbonyl (C=O) groups excluding carboxylic acids is 5. The SMILES string of the molecule is CC(=O)N[C@@H](Cc1ccccc1)C(=O)N[C@@H](C)C(=O)N[C@@H](CC(C)C)C(=O)N[C@@H](CCCC[N+](C)(C)C)C(=O)NC1(CO)CCCC1. The van der Waals surface area contributed by atoms with Crippen molar-refractivity contribution in [3.05, 3.63) is 35.9 Å². The van der Waals surface area contributed by atoms with Gasteiger partial charge in [0.25, 0.3) is 0 Å². The summed E-state index contributed by atoms with van der Waals surface area (Å²) in [6.07, 6.45) is 5.74. The van der Waals surface area contributed by atoms with E-state index in [1.54, 1.807) is 0 Å².